The van der Waals surface area contributed by atoms with Crippen LogP contribution >= 0.6 is 11.3 Å². The molecule has 1 amide bonds. The molecule has 5 rings (SSSR count). The molecule has 2 aliphatic heterocycles. The monoisotopic (exact) mass is 548 g/mol. The van der Waals surface area contributed by atoms with E-state index in [9.17, 15) is 31.1 Å². The highest BCUT2D eigenvalue weighted by molar-refractivity contribution is 7.18. The lowest BCUT2D eigenvalue weighted by atomic mass is 10.2. The van der Waals surface area contributed by atoms with Gasteiger partial charge in [0.1, 0.15) is 10.6 Å². The maximum atomic E-state index is 13.3. The molecule has 1 N–H and O–H groups in total. The highest BCUT2D eigenvalue weighted by atomic mass is 32.1. The molecule has 1 fully saturated rings. The number of carbonyl (C=O) groups is 1. The molecule has 1 saturated heterocycles. The van der Waals surface area contributed by atoms with Gasteiger partial charge in [0.05, 0.1) is 11.9 Å². The van der Waals surface area contributed by atoms with E-state index in [2.05, 4.69) is 15.2 Å². The van der Waals surface area contributed by atoms with Crippen LogP contribution < -0.4 is 15.1 Å². The van der Waals surface area contributed by atoms with E-state index in [1.165, 1.54) is 11.3 Å². The van der Waals surface area contributed by atoms with Gasteiger partial charge in [0.2, 0.25) is 11.8 Å². The molecule has 2 aliphatic rings. The van der Waals surface area contributed by atoms with Crippen molar-refractivity contribution in [3.63, 3.8) is 0 Å². The highest BCUT2D eigenvalue weighted by Crippen LogP contribution is 2.36. The number of hydrogen-bond donors (Lipinski definition) is 1. The van der Waals surface area contributed by atoms with E-state index in [1.807, 2.05) is 23.2 Å². The first-order chi connectivity index (χ1) is 17.4. The van der Waals surface area contributed by atoms with Crippen molar-refractivity contribution in [1.29, 1.82) is 0 Å². The predicted molar refractivity (Wildman–Crippen MR) is 122 cm³/mol. The minimum absolute atomic E-state index is 0.0131. The van der Waals surface area contributed by atoms with Crippen LogP contribution in [-0.4, -0.2) is 62.5 Å². The zero-order valence-corrected chi connectivity index (χ0v) is 20.3. The predicted octanol–water partition coefficient (Wildman–Crippen LogP) is 3.53. The standard InChI is InChI=1S/C21H22F6N8OS/c1-2-3-12-8-13-15(33-6-7-35-14(10-33)31-32-17(35)20(22,23)24)29-19(30-16(13)37-12)34-5-4-11(9-34)28-18(36)21(25,26)27/h8,11H,2-7,9-10H2,1H3,(H,28,36)/t11-/m0/s1. The Balaban J connectivity index is 1.45. The first kappa shape index (κ1) is 25.5. The molecule has 0 aromatic carbocycles. The number of amides is 1. The number of hydrogen-bond acceptors (Lipinski definition) is 8. The van der Waals surface area contributed by atoms with E-state index >= 15 is 0 Å². The Morgan fingerprint density at radius 1 is 1.11 bits per heavy atom. The molecule has 0 saturated carbocycles. The lowest BCUT2D eigenvalue weighted by molar-refractivity contribution is -0.174. The van der Waals surface area contributed by atoms with Gasteiger partial charge in [0, 0.05) is 37.1 Å². The number of carbonyl (C=O) groups excluding carboxylic acids is 1. The molecule has 5 heterocycles. The molecular weight excluding hydrogens is 526 g/mol. The lowest BCUT2D eigenvalue weighted by Crippen LogP contribution is -2.44. The topological polar surface area (TPSA) is 92.1 Å². The molecule has 1 atom stereocenters. The van der Waals surface area contributed by atoms with Crippen molar-refractivity contribution in [2.24, 2.45) is 0 Å². The number of rotatable bonds is 5. The van der Waals surface area contributed by atoms with E-state index in [0.717, 1.165) is 27.7 Å². The lowest BCUT2D eigenvalue weighted by Gasteiger charge is -2.30. The molecular formula is C21H22F6N8OS. The molecule has 0 spiro atoms. The van der Waals surface area contributed by atoms with Crippen molar-refractivity contribution < 1.29 is 31.1 Å². The largest absolute Gasteiger partial charge is 0.471 e. The maximum Gasteiger partial charge on any atom is 0.471 e. The number of halogens is 6. The Morgan fingerprint density at radius 2 is 1.89 bits per heavy atom. The van der Waals surface area contributed by atoms with Crippen LogP contribution in [0.1, 0.15) is 36.3 Å². The molecule has 3 aromatic heterocycles. The summed E-state index contributed by atoms with van der Waals surface area (Å²) in [5.41, 5.74) is 0. The van der Waals surface area contributed by atoms with Gasteiger partial charge in [0.25, 0.3) is 0 Å². The summed E-state index contributed by atoms with van der Waals surface area (Å²) >= 11 is 1.48. The summed E-state index contributed by atoms with van der Waals surface area (Å²) in [6.45, 7) is 2.77. The normalized spacial score (nSPS) is 18.5. The summed E-state index contributed by atoms with van der Waals surface area (Å²) in [4.78, 5) is 26.0. The second-order valence-corrected chi connectivity index (χ2v) is 10.1. The van der Waals surface area contributed by atoms with E-state index in [4.69, 9.17) is 4.98 Å². The van der Waals surface area contributed by atoms with Crippen molar-refractivity contribution in [2.75, 3.05) is 29.4 Å². The van der Waals surface area contributed by atoms with Crippen LogP contribution in [0.25, 0.3) is 10.2 Å². The molecule has 200 valence electrons. The van der Waals surface area contributed by atoms with E-state index < -0.39 is 30.1 Å². The van der Waals surface area contributed by atoms with Crippen LogP contribution in [0.3, 0.4) is 0 Å². The van der Waals surface area contributed by atoms with Gasteiger partial charge in [-0.05, 0) is 18.9 Å². The quantitative estimate of drug-likeness (QED) is 0.488. The Hall–Kier alpha value is -3.17. The van der Waals surface area contributed by atoms with Crippen LogP contribution in [0.15, 0.2) is 6.07 Å². The summed E-state index contributed by atoms with van der Waals surface area (Å²) in [6, 6.07) is 1.25. The zero-order chi connectivity index (χ0) is 26.5. The minimum Gasteiger partial charge on any atom is -0.347 e. The Morgan fingerprint density at radius 3 is 2.59 bits per heavy atom. The first-order valence-electron chi connectivity index (χ1n) is 11.6. The summed E-state index contributed by atoms with van der Waals surface area (Å²) in [6.07, 6.45) is -7.57. The van der Waals surface area contributed by atoms with Gasteiger partial charge >= 0.3 is 18.3 Å². The van der Waals surface area contributed by atoms with Gasteiger partial charge in [-0.25, -0.2) is 4.98 Å². The molecule has 37 heavy (non-hydrogen) atoms. The van der Waals surface area contributed by atoms with Crippen molar-refractivity contribution >= 4 is 39.2 Å². The number of aromatic nitrogens is 5. The smallest absolute Gasteiger partial charge is 0.347 e. The second kappa shape index (κ2) is 9.29. The molecule has 16 heteroatoms. The Labute approximate surface area is 210 Å². The van der Waals surface area contributed by atoms with Crippen molar-refractivity contribution in [3.05, 3.63) is 22.6 Å². The highest BCUT2D eigenvalue weighted by Gasteiger charge is 2.41. The second-order valence-electron chi connectivity index (χ2n) is 8.94. The van der Waals surface area contributed by atoms with Crippen LogP contribution in [0.4, 0.5) is 38.1 Å². The van der Waals surface area contributed by atoms with Crippen molar-refractivity contribution in [2.45, 2.75) is 57.7 Å². The fourth-order valence-electron chi connectivity index (χ4n) is 4.57. The Bertz CT molecular complexity index is 1320. The maximum absolute atomic E-state index is 13.3. The fraction of sp³-hybridized carbons (Fsp3) is 0.571. The van der Waals surface area contributed by atoms with Crippen LogP contribution in [-0.2, 0) is 30.5 Å². The number of aryl methyl sites for hydroxylation is 1. The third-order valence-electron chi connectivity index (χ3n) is 6.28. The molecule has 0 unspecified atom stereocenters. The van der Waals surface area contributed by atoms with Crippen LogP contribution in [0.5, 0.6) is 0 Å². The van der Waals surface area contributed by atoms with Crippen molar-refractivity contribution in [3.8, 4) is 0 Å². The number of thiophene rings is 1. The molecule has 9 nitrogen and oxygen atoms in total. The van der Waals surface area contributed by atoms with E-state index in [0.29, 0.717) is 23.1 Å². The first-order valence-corrected chi connectivity index (χ1v) is 12.4. The van der Waals surface area contributed by atoms with Crippen molar-refractivity contribution in [1.82, 2.24) is 30.0 Å². The fourth-order valence-corrected chi connectivity index (χ4v) is 5.69. The summed E-state index contributed by atoms with van der Waals surface area (Å²) in [5, 5.41) is 9.82. The Kier molecular flexibility index (Phi) is 6.40. The molecule has 0 bridgehead atoms. The summed E-state index contributed by atoms with van der Waals surface area (Å²) in [7, 11) is 0. The van der Waals surface area contributed by atoms with Gasteiger partial charge in [-0.3, -0.25) is 4.79 Å². The van der Waals surface area contributed by atoms with E-state index in [1.54, 1.807) is 4.90 Å². The van der Waals surface area contributed by atoms with Gasteiger partial charge in [-0.15, -0.1) is 21.5 Å². The molecule has 0 radical (unpaired) electrons. The number of fused-ring (bicyclic) bond motifs is 2. The number of anilines is 2. The SMILES string of the molecule is CCCc1cc2c(N3CCn4c(nnc4C(F)(F)F)C3)nc(N3CC[C@H](NC(=O)C(F)(F)F)C3)nc2s1. The van der Waals surface area contributed by atoms with Crippen LogP contribution in [0.2, 0.25) is 0 Å². The third kappa shape index (κ3) is 5.02. The van der Waals surface area contributed by atoms with Gasteiger partial charge < -0.3 is 19.7 Å². The van der Waals surface area contributed by atoms with Gasteiger partial charge in [-0.1, -0.05) is 13.3 Å². The van der Waals surface area contributed by atoms with Crippen LogP contribution in [0, 0.1) is 0 Å². The summed E-state index contributed by atoms with van der Waals surface area (Å²) in [5.74, 6) is -2.06. The molecule has 3 aromatic rings. The number of nitrogens with one attached hydrogen (secondary N) is 1. The average Bonchev–Trinajstić information content (AvgIpc) is 3.54. The number of nitrogens with zero attached hydrogens (tertiary/aromatic N) is 7. The number of alkyl halides is 6. The minimum atomic E-state index is -4.97. The zero-order valence-electron chi connectivity index (χ0n) is 19.5. The van der Waals surface area contributed by atoms with E-state index in [-0.39, 0.29) is 38.4 Å². The van der Waals surface area contributed by atoms with Gasteiger partial charge in [-0.2, -0.15) is 31.3 Å². The summed E-state index contributed by atoms with van der Waals surface area (Å²) < 4.78 is 78.8. The third-order valence-corrected chi connectivity index (χ3v) is 7.37. The van der Waals surface area contributed by atoms with Gasteiger partial charge in [0.15, 0.2) is 5.82 Å². The average molecular weight is 549 g/mol. The molecule has 0 aliphatic carbocycles.